The maximum Gasteiger partial charge on any atom is 0.163 e. The van der Waals surface area contributed by atoms with Crippen molar-refractivity contribution in [3.63, 3.8) is 0 Å². The Bertz CT molecular complexity index is 561. The van der Waals surface area contributed by atoms with E-state index in [1.165, 1.54) is 0 Å². The number of hydrogen-bond donors (Lipinski definition) is 0. The second-order valence-corrected chi connectivity index (χ2v) is 5.24. The number of carbonyl (C=O) groups is 1. The monoisotopic (exact) mass is 340 g/mol. The van der Waals surface area contributed by atoms with Crippen molar-refractivity contribution in [1.82, 2.24) is 0 Å². The highest BCUT2D eigenvalue weighted by molar-refractivity contribution is 9.11. The Morgan fingerprint density at radius 3 is 2.56 bits per heavy atom. The molecule has 1 nitrogen and oxygen atoms in total. The van der Waals surface area contributed by atoms with Crippen LogP contribution in [0.4, 0.5) is 0 Å². The normalized spacial score (nSPS) is 10.7. The molecular formula is C13H10Br2O. The zero-order chi connectivity index (χ0) is 11.7. The molecular weight excluding hydrogens is 332 g/mol. The number of Topliss-reactive ketones (excluding diaryl/α,β-unsaturated/α-hetero) is 1. The van der Waals surface area contributed by atoms with Gasteiger partial charge >= 0.3 is 0 Å². The highest BCUT2D eigenvalue weighted by Crippen LogP contribution is 2.32. The fourth-order valence-corrected chi connectivity index (χ4v) is 2.79. The molecule has 0 aromatic heterocycles. The van der Waals surface area contributed by atoms with E-state index in [1.54, 1.807) is 0 Å². The van der Waals surface area contributed by atoms with Gasteiger partial charge in [-0.2, -0.15) is 0 Å². The summed E-state index contributed by atoms with van der Waals surface area (Å²) in [6.07, 6.45) is 0.526. The lowest BCUT2D eigenvalue weighted by molar-refractivity contribution is 0.0989. The van der Waals surface area contributed by atoms with Crippen molar-refractivity contribution in [2.75, 3.05) is 0 Å². The topological polar surface area (TPSA) is 17.1 Å². The third-order valence-corrected chi connectivity index (χ3v) is 3.91. The summed E-state index contributed by atoms with van der Waals surface area (Å²) in [5, 5.41) is 2.05. The fourth-order valence-electron chi connectivity index (χ4n) is 1.75. The maximum absolute atomic E-state index is 11.9. The lowest BCUT2D eigenvalue weighted by atomic mass is 10.0. The summed E-state index contributed by atoms with van der Waals surface area (Å²) in [5.74, 6) is 0.171. The van der Waals surface area contributed by atoms with Crippen LogP contribution in [-0.4, -0.2) is 5.78 Å². The Morgan fingerprint density at radius 2 is 1.88 bits per heavy atom. The second kappa shape index (κ2) is 4.68. The quantitative estimate of drug-likeness (QED) is 0.706. The molecule has 0 amide bonds. The van der Waals surface area contributed by atoms with E-state index in [1.807, 2.05) is 37.3 Å². The number of fused-ring (bicyclic) bond motifs is 1. The summed E-state index contributed by atoms with van der Waals surface area (Å²) in [5.41, 5.74) is 0.785. The van der Waals surface area contributed by atoms with Gasteiger partial charge in [0.05, 0.1) is 0 Å². The van der Waals surface area contributed by atoms with E-state index < -0.39 is 0 Å². The van der Waals surface area contributed by atoms with Crippen molar-refractivity contribution in [1.29, 1.82) is 0 Å². The van der Waals surface area contributed by atoms with Gasteiger partial charge in [0.1, 0.15) is 0 Å². The van der Waals surface area contributed by atoms with Gasteiger partial charge in [0, 0.05) is 26.3 Å². The Labute approximate surface area is 111 Å². The van der Waals surface area contributed by atoms with Gasteiger partial charge in [-0.15, -0.1) is 0 Å². The van der Waals surface area contributed by atoms with Gasteiger partial charge in [-0.05, 0) is 23.6 Å². The summed E-state index contributed by atoms with van der Waals surface area (Å²) in [7, 11) is 0. The van der Waals surface area contributed by atoms with Crippen LogP contribution in [0.5, 0.6) is 0 Å². The molecule has 82 valence electrons. The zero-order valence-electron chi connectivity index (χ0n) is 8.76. The third-order valence-electron chi connectivity index (χ3n) is 2.56. The molecule has 0 aliphatic carbocycles. The predicted molar refractivity (Wildman–Crippen MR) is 74.0 cm³/mol. The highest BCUT2D eigenvalue weighted by atomic mass is 79.9. The molecule has 0 fully saturated rings. The van der Waals surface area contributed by atoms with Gasteiger partial charge in [0.25, 0.3) is 0 Å². The van der Waals surface area contributed by atoms with E-state index in [4.69, 9.17) is 0 Å². The lowest BCUT2D eigenvalue weighted by Crippen LogP contribution is -1.98. The zero-order valence-corrected chi connectivity index (χ0v) is 11.9. The van der Waals surface area contributed by atoms with Crippen LogP contribution in [0, 0.1) is 0 Å². The van der Waals surface area contributed by atoms with Crippen LogP contribution in [0.2, 0.25) is 0 Å². The summed E-state index contributed by atoms with van der Waals surface area (Å²) >= 11 is 7.01. The van der Waals surface area contributed by atoms with E-state index in [9.17, 15) is 4.79 Å². The SMILES string of the molecule is CCC(=O)c1ccc(Br)c2cccc(Br)c12. The molecule has 3 heteroatoms. The van der Waals surface area contributed by atoms with Gasteiger partial charge in [-0.3, -0.25) is 4.79 Å². The second-order valence-electron chi connectivity index (χ2n) is 3.53. The lowest BCUT2D eigenvalue weighted by Gasteiger charge is -2.08. The smallest absolute Gasteiger partial charge is 0.163 e. The van der Waals surface area contributed by atoms with Crippen molar-refractivity contribution in [2.24, 2.45) is 0 Å². The molecule has 0 saturated heterocycles. The summed E-state index contributed by atoms with van der Waals surface area (Å²) in [6.45, 7) is 1.88. The van der Waals surface area contributed by atoms with Gasteiger partial charge in [-0.1, -0.05) is 50.9 Å². The van der Waals surface area contributed by atoms with Crippen LogP contribution in [0.1, 0.15) is 23.7 Å². The fraction of sp³-hybridized carbons (Fsp3) is 0.154. The molecule has 0 aliphatic rings. The largest absolute Gasteiger partial charge is 0.294 e. The van der Waals surface area contributed by atoms with E-state index >= 15 is 0 Å². The van der Waals surface area contributed by atoms with E-state index in [-0.39, 0.29) is 5.78 Å². The van der Waals surface area contributed by atoms with Crippen LogP contribution in [0.3, 0.4) is 0 Å². The number of carbonyl (C=O) groups excluding carboxylic acids is 1. The average molecular weight is 342 g/mol. The Kier molecular flexibility index (Phi) is 3.45. The molecule has 2 aromatic rings. The molecule has 0 bridgehead atoms. The third kappa shape index (κ3) is 1.94. The maximum atomic E-state index is 11.9. The number of halogens is 2. The van der Waals surface area contributed by atoms with Gasteiger partial charge in [0.15, 0.2) is 5.78 Å². The Balaban J connectivity index is 2.86. The van der Waals surface area contributed by atoms with Gasteiger partial charge in [0.2, 0.25) is 0 Å². The molecule has 0 aliphatic heterocycles. The number of ketones is 1. The van der Waals surface area contributed by atoms with Crippen molar-refractivity contribution >= 4 is 48.4 Å². The van der Waals surface area contributed by atoms with Crippen LogP contribution >= 0.6 is 31.9 Å². The van der Waals surface area contributed by atoms with Gasteiger partial charge < -0.3 is 0 Å². The molecule has 0 heterocycles. The Morgan fingerprint density at radius 1 is 1.12 bits per heavy atom. The summed E-state index contributed by atoms with van der Waals surface area (Å²) < 4.78 is 1.97. The first-order chi connectivity index (χ1) is 7.65. The van der Waals surface area contributed by atoms with Crippen molar-refractivity contribution in [2.45, 2.75) is 13.3 Å². The molecule has 0 spiro atoms. The molecule has 2 rings (SSSR count). The van der Waals surface area contributed by atoms with Crippen molar-refractivity contribution in [3.8, 4) is 0 Å². The molecule has 0 saturated carbocycles. The van der Waals surface area contributed by atoms with Crippen LogP contribution in [-0.2, 0) is 0 Å². The number of rotatable bonds is 2. The van der Waals surface area contributed by atoms with E-state index in [0.29, 0.717) is 6.42 Å². The molecule has 0 unspecified atom stereocenters. The minimum atomic E-state index is 0.171. The summed E-state index contributed by atoms with van der Waals surface area (Å²) in [4.78, 5) is 11.9. The molecule has 2 aromatic carbocycles. The average Bonchev–Trinajstić information content (AvgIpc) is 2.30. The predicted octanol–water partition coefficient (Wildman–Crippen LogP) is 4.96. The molecule has 0 radical (unpaired) electrons. The minimum Gasteiger partial charge on any atom is -0.294 e. The van der Waals surface area contributed by atoms with E-state index in [0.717, 1.165) is 25.3 Å². The summed E-state index contributed by atoms with van der Waals surface area (Å²) in [6, 6.07) is 9.75. The standard InChI is InChI=1S/C13H10Br2O/c1-2-12(16)9-6-7-10(14)8-4-3-5-11(15)13(8)9/h3-7H,2H2,1H3. The minimum absolute atomic E-state index is 0.171. The van der Waals surface area contributed by atoms with Crippen molar-refractivity contribution < 1.29 is 4.79 Å². The van der Waals surface area contributed by atoms with E-state index in [2.05, 4.69) is 31.9 Å². The van der Waals surface area contributed by atoms with Gasteiger partial charge in [-0.25, -0.2) is 0 Å². The molecule has 0 atom stereocenters. The Hall–Kier alpha value is -0.670. The molecule has 16 heavy (non-hydrogen) atoms. The van der Waals surface area contributed by atoms with Crippen LogP contribution < -0.4 is 0 Å². The van der Waals surface area contributed by atoms with Crippen molar-refractivity contribution in [3.05, 3.63) is 44.8 Å². The number of hydrogen-bond acceptors (Lipinski definition) is 1. The first-order valence-electron chi connectivity index (χ1n) is 5.05. The highest BCUT2D eigenvalue weighted by Gasteiger charge is 2.12. The molecule has 0 N–H and O–H groups in total. The van der Waals surface area contributed by atoms with Crippen LogP contribution in [0.15, 0.2) is 39.3 Å². The first kappa shape index (κ1) is 11.8. The number of benzene rings is 2. The van der Waals surface area contributed by atoms with Crippen LogP contribution in [0.25, 0.3) is 10.8 Å². The first-order valence-corrected chi connectivity index (χ1v) is 6.63.